The maximum atomic E-state index is 8.20. The van der Waals surface area contributed by atoms with Crippen LogP contribution in [-0.4, -0.2) is 11.9 Å². The highest BCUT2D eigenvalue weighted by Crippen LogP contribution is 2.13. The van der Waals surface area contributed by atoms with Gasteiger partial charge in [0.1, 0.15) is 0 Å². The van der Waals surface area contributed by atoms with Crippen LogP contribution in [0.3, 0.4) is 0 Å². The highest BCUT2D eigenvalue weighted by atomic mass is 17.1. The van der Waals surface area contributed by atoms with Gasteiger partial charge < -0.3 is 0 Å². The molecule has 0 aliphatic rings. The molecule has 0 aliphatic carbocycles. The average Bonchev–Trinajstić information content (AvgIpc) is 2.67. The minimum atomic E-state index is 0.251. The quantitative estimate of drug-likeness (QED) is 0.452. The van der Waals surface area contributed by atoms with E-state index in [-0.39, 0.29) is 5.92 Å². The van der Waals surface area contributed by atoms with Crippen molar-refractivity contribution in [3.63, 3.8) is 0 Å². The van der Waals surface area contributed by atoms with Crippen LogP contribution >= 0.6 is 0 Å². The van der Waals surface area contributed by atoms with E-state index in [1.807, 2.05) is 87.5 Å². The van der Waals surface area contributed by atoms with Gasteiger partial charge >= 0.3 is 0 Å². The Bertz CT molecular complexity index is 372. The lowest BCUT2D eigenvalue weighted by Crippen LogP contribution is -2.01. The van der Waals surface area contributed by atoms with Gasteiger partial charge in [0, 0.05) is 5.92 Å². The number of hydrogen-bond donors (Lipinski definition) is 1. The Balaban J connectivity index is -0.000000292. The monoisotopic (exact) mass is 348 g/mol. The van der Waals surface area contributed by atoms with Crippen molar-refractivity contribution >= 4 is 0 Å². The lowest BCUT2D eigenvalue weighted by Gasteiger charge is -2.07. The lowest BCUT2D eigenvalue weighted by molar-refractivity contribution is -0.245. The topological polar surface area (TPSA) is 29.5 Å². The second-order valence-corrected chi connectivity index (χ2v) is 5.18. The molecule has 1 atom stereocenters. The van der Waals surface area contributed by atoms with E-state index in [2.05, 4.69) is 32.6 Å². The molecule has 0 amide bonds. The van der Waals surface area contributed by atoms with E-state index < -0.39 is 0 Å². The number of rotatable bonds is 3. The predicted octanol–water partition coefficient (Wildman–Crippen LogP) is 7.83. The SMILES string of the molecule is CC.CC(COO)c1ccccc1.CCC.CCC.c1ccccc1. The fourth-order valence-corrected chi connectivity index (χ4v) is 1.37. The van der Waals surface area contributed by atoms with Crippen LogP contribution in [-0.2, 0) is 4.89 Å². The third-order valence-corrected chi connectivity index (χ3v) is 2.36. The fraction of sp³-hybridized carbons (Fsp3) is 0.478. The summed E-state index contributed by atoms with van der Waals surface area (Å²) in [4.78, 5) is 4.06. The Morgan fingerprint density at radius 2 is 1.00 bits per heavy atom. The van der Waals surface area contributed by atoms with Crippen LogP contribution in [0.2, 0.25) is 0 Å². The first-order valence-electron chi connectivity index (χ1n) is 9.48. The van der Waals surface area contributed by atoms with Gasteiger partial charge in [-0.25, -0.2) is 4.89 Å². The third kappa shape index (κ3) is 24.7. The van der Waals surface area contributed by atoms with Gasteiger partial charge in [0.15, 0.2) is 0 Å². The lowest BCUT2D eigenvalue weighted by atomic mass is 10.0. The molecule has 2 rings (SSSR count). The molecule has 0 bridgehead atoms. The Labute approximate surface area is 156 Å². The normalized spacial score (nSPS) is 9.28. The smallest absolute Gasteiger partial charge is 0.0885 e. The molecule has 0 aromatic heterocycles. The van der Waals surface area contributed by atoms with E-state index >= 15 is 0 Å². The van der Waals surface area contributed by atoms with Gasteiger partial charge in [0.25, 0.3) is 0 Å². The molecule has 0 spiro atoms. The molecule has 2 heteroatoms. The van der Waals surface area contributed by atoms with Crippen LogP contribution in [0.25, 0.3) is 0 Å². The first kappa shape index (κ1) is 28.2. The minimum absolute atomic E-state index is 0.251. The highest BCUT2D eigenvalue weighted by Gasteiger charge is 2.03. The van der Waals surface area contributed by atoms with Crippen molar-refractivity contribution in [3.05, 3.63) is 72.3 Å². The molecule has 144 valence electrons. The van der Waals surface area contributed by atoms with E-state index in [1.54, 1.807) is 0 Å². The van der Waals surface area contributed by atoms with Gasteiger partial charge in [-0.2, -0.15) is 0 Å². The first-order chi connectivity index (χ1) is 12.2. The maximum absolute atomic E-state index is 8.20. The van der Waals surface area contributed by atoms with Gasteiger partial charge in [-0.15, -0.1) is 0 Å². The molecule has 2 aromatic carbocycles. The summed E-state index contributed by atoms with van der Waals surface area (Å²) in [5.41, 5.74) is 1.18. The first-order valence-corrected chi connectivity index (χ1v) is 9.48. The fourth-order valence-electron chi connectivity index (χ4n) is 1.37. The standard InChI is InChI=1S/C9H12O2.C6H6.2C3H8.C2H6/c1-8(7-11-10)9-5-3-2-4-6-9;1-2-4-6-5-3-1;2*1-3-2;1-2/h2-6,8,10H,7H2,1H3;1-6H;2*3H2,1-2H3;1-2H3. The minimum Gasteiger partial charge on any atom is -0.252 e. The summed E-state index contributed by atoms with van der Waals surface area (Å²) in [6.45, 7) is 14.9. The van der Waals surface area contributed by atoms with E-state index in [0.717, 1.165) is 0 Å². The van der Waals surface area contributed by atoms with Crippen molar-refractivity contribution < 1.29 is 10.1 Å². The molecule has 0 aliphatic heterocycles. The third-order valence-electron chi connectivity index (χ3n) is 2.36. The van der Waals surface area contributed by atoms with Crippen molar-refractivity contribution in [2.24, 2.45) is 0 Å². The zero-order valence-electron chi connectivity index (χ0n) is 17.4. The van der Waals surface area contributed by atoms with Gasteiger partial charge in [-0.1, -0.05) is 128 Å². The van der Waals surface area contributed by atoms with Gasteiger partial charge in [-0.05, 0) is 5.56 Å². The second kappa shape index (κ2) is 27.2. The molecule has 2 nitrogen and oxygen atoms in total. The van der Waals surface area contributed by atoms with E-state index in [4.69, 9.17) is 5.26 Å². The Kier molecular flexibility index (Phi) is 30.7. The molecule has 25 heavy (non-hydrogen) atoms. The molecule has 0 fully saturated rings. The van der Waals surface area contributed by atoms with Gasteiger partial charge in [0.05, 0.1) is 6.61 Å². The van der Waals surface area contributed by atoms with Crippen LogP contribution in [0.1, 0.15) is 72.8 Å². The Hall–Kier alpha value is -1.64. The largest absolute Gasteiger partial charge is 0.252 e. The molecule has 2 aromatic rings. The molecule has 0 heterocycles. The zero-order chi connectivity index (χ0) is 19.8. The van der Waals surface area contributed by atoms with Crippen LogP contribution in [0, 0.1) is 0 Å². The van der Waals surface area contributed by atoms with E-state index in [0.29, 0.717) is 6.61 Å². The number of hydrogen-bond acceptors (Lipinski definition) is 2. The summed E-state index contributed by atoms with van der Waals surface area (Å²) < 4.78 is 0. The molecule has 1 unspecified atom stereocenters. The molecule has 1 N–H and O–H groups in total. The summed E-state index contributed by atoms with van der Waals surface area (Å²) in [7, 11) is 0. The summed E-state index contributed by atoms with van der Waals surface area (Å²) >= 11 is 0. The highest BCUT2D eigenvalue weighted by molar-refractivity contribution is 5.18. The van der Waals surface area contributed by atoms with Gasteiger partial charge in [-0.3, -0.25) is 5.26 Å². The molecular weight excluding hydrogens is 308 g/mol. The summed E-state index contributed by atoms with van der Waals surface area (Å²) in [5.74, 6) is 0.251. The van der Waals surface area contributed by atoms with E-state index in [1.165, 1.54) is 18.4 Å². The van der Waals surface area contributed by atoms with Crippen LogP contribution in [0.15, 0.2) is 66.7 Å². The van der Waals surface area contributed by atoms with Gasteiger partial charge in [0.2, 0.25) is 0 Å². The van der Waals surface area contributed by atoms with Crippen LogP contribution < -0.4 is 0 Å². The van der Waals surface area contributed by atoms with Crippen LogP contribution in [0.5, 0.6) is 0 Å². The van der Waals surface area contributed by atoms with Crippen molar-refractivity contribution in [1.29, 1.82) is 0 Å². The maximum Gasteiger partial charge on any atom is 0.0885 e. The zero-order valence-corrected chi connectivity index (χ0v) is 17.4. The second-order valence-electron chi connectivity index (χ2n) is 5.18. The summed E-state index contributed by atoms with van der Waals surface area (Å²) in [6, 6.07) is 22.0. The Morgan fingerprint density at radius 1 is 0.720 bits per heavy atom. The average molecular weight is 349 g/mol. The molecule has 0 saturated carbocycles. The van der Waals surface area contributed by atoms with Crippen molar-refractivity contribution in [2.45, 2.75) is 67.2 Å². The Morgan fingerprint density at radius 3 is 1.28 bits per heavy atom. The molecular formula is C23H40O2. The summed E-state index contributed by atoms with van der Waals surface area (Å²) in [6.07, 6.45) is 2.50. The predicted molar refractivity (Wildman–Crippen MR) is 113 cm³/mol. The summed E-state index contributed by atoms with van der Waals surface area (Å²) in [5, 5.41) is 8.20. The molecule has 0 saturated heterocycles. The van der Waals surface area contributed by atoms with Crippen LogP contribution in [0.4, 0.5) is 0 Å². The number of benzene rings is 2. The van der Waals surface area contributed by atoms with Crippen molar-refractivity contribution in [1.82, 2.24) is 0 Å². The van der Waals surface area contributed by atoms with Crippen molar-refractivity contribution in [3.8, 4) is 0 Å². The molecule has 0 radical (unpaired) electrons. The van der Waals surface area contributed by atoms with Crippen molar-refractivity contribution in [2.75, 3.05) is 6.61 Å². The van der Waals surface area contributed by atoms with E-state index in [9.17, 15) is 0 Å².